The maximum atomic E-state index is 12.7. The monoisotopic (exact) mass is 410 g/mol. The van der Waals surface area contributed by atoms with Gasteiger partial charge in [-0.05, 0) is 43.3 Å². The van der Waals surface area contributed by atoms with Crippen molar-refractivity contribution >= 4 is 22.8 Å². The molecule has 0 unspecified atom stereocenters. The van der Waals surface area contributed by atoms with Crippen molar-refractivity contribution in [3.63, 3.8) is 0 Å². The number of hydrogen-bond acceptors (Lipinski definition) is 7. The van der Waals surface area contributed by atoms with Crippen LogP contribution in [0.1, 0.15) is 22.8 Å². The molecule has 2 aromatic carbocycles. The van der Waals surface area contributed by atoms with Gasteiger partial charge in [0.25, 0.3) is 0 Å². The van der Waals surface area contributed by atoms with E-state index in [-0.39, 0.29) is 5.56 Å². The van der Waals surface area contributed by atoms with Gasteiger partial charge in [0.2, 0.25) is 5.75 Å². The van der Waals surface area contributed by atoms with Crippen molar-refractivity contribution in [1.82, 2.24) is 0 Å². The predicted octanol–water partition coefficient (Wildman–Crippen LogP) is 4.11. The molecule has 0 aliphatic heterocycles. The van der Waals surface area contributed by atoms with E-state index in [9.17, 15) is 9.59 Å². The first-order valence-corrected chi connectivity index (χ1v) is 9.25. The molecule has 156 valence electrons. The fraction of sp³-hybridized carbons (Fsp3) is 0.217. The maximum Gasteiger partial charge on any atom is 0.347 e. The Morgan fingerprint density at radius 3 is 2.43 bits per heavy atom. The van der Waals surface area contributed by atoms with Crippen LogP contribution in [0.25, 0.3) is 17.0 Å². The van der Waals surface area contributed by atoms with Crippen LogP contribution in [-0.2, 0) is 0 Å². The molecule has 0 radical (unpaired) electrons. The molecule has 0 amide bonds. The normalized spacial score (nSPS) is 10.9. The summed E-state index contributed by atoms with van der Waals surface area (Å²) >= 11 is 0. The van der Waals surface area contributed by atoms with Gasteiger partial charge in [-0.15, -0.1) is 0 Å². The molecule has 1 aromatic heterocycles. The largest absolute Gasteiger partial charge is 0.493 e. The Balaban J connectivity index is 1.98. The van der Waals surface area contributed by atoms with Crippen LogP contribution in [0.5, 0.6) is 23.0 Å². The van der Waals surface area contributed by atoms with Crippen LogP contribution < -0.4 is 24.6 Å². The molecule has 0 fully saturated rings. The van der Waals surface area contributed by atoms with Crippen LogP contribution in [0.3, 0.4) is 0 Å². The van der Waals surface area contributed by atoms with E-state index < -0.39 is 11.4 Å². The van der Waals surface area contributed by atoms with E-state index in [4.69, 9.17) is 23.4 Å². The Morgan fingerprint density at radius 1 is 1.00 bits per heavy atom. The van der Waals surface area contributed by atoms with Crippen LogP contribution in [-0.4, -0.2) is 33.7 Å². The Labute approximate surface area is 173 Å². The highest BCUT2D eigenvalue weighted by Crippen LogP contribution is 2.40. The van der Waals surface area contributed by atoms with Crippen molar-refractivity contribution < 1.29 is 28.2 Å². The number of benzene rings is 2. The molecule has 30 heavy (non-hydrogen) atoms. The van der Waals surface area contributed by atoms with Gasteiger partial charge in [-0.25, -0.2) is 4.79 Å². The minimum Gasteiger partial charge on any atom is -0.493 e. The van der Waals surface area contributed by atoms with Crippen LogP contribution in [0.15, 0.2) is 51.7 Å². The number of ketones is 1. The first-order chi connectivity index (χ1) is 14.5. The molecular formula is C23H22O7. The Kier molecular flexibility index (Phi) is 6.41. The van der Waals surface area contributed by atoms with Gasteiger partial charge in [0.05, 0.1) is 27.9 Å². The molecule has 0 N–H and O–H groups in total. The molecule has 0 bridgehead atoms. The van der Waals surface area contributed by atoms with Crippen molar-refractivity contribution in [1.29, 1.82) is 0 Å². The van der Waals surface area contributed by atoms with Crippen molar-refractivity contribution in [3.05, 3.63) is 64.0 Å². The van der Waals surface area contributed by atoms with Crippen LogP contribution in [0.4, 0.5) is 0 Å². The van der Waals surface area contributed by atoms with Gasteiger partial charge in [0.1, 0.15) is 5.56 Å². The number of carbonyl (C=O) groups excluding carboxylic acids is 1. The zero-order valence-corrected chi connectivity index (χ0v) is 17.2. The molecule has 0 saturated heterocycles. The van der Waals surface area contributed by atoms with Gasteiger partial charge >= 0.3 is 5.63 Å². The summed E-state index contributed by atoms with van der Waals surface area (Å²) in [5.74, 6) is 1.27. The average Bonchev–Trinajstić information content (AvgIpc) is 2.76. The summed E-state index contributed by atoms with van der Waals surface area (Å²) in [6.07, 6.45) is 2.83. The van der Waals surface area contributed by atoms with Crippen molar-refractivity contribution in [3.8, 4) is 23.0 Å². The minimum absolute atomic E-state index is 0.0770. The van der Waals surface area contributed by atoms with Gasteiger partial charge in [-0.3, -0.25) is 4.79 Å². The van der Waals surface area contributed by atoms with E-state index in [1.165, 1.54) is 33.5 Å². The van der Waals surface area contributed by atoms with E-state index in [0.717, 1.165) is 0 Å². The minimum atomic E-state index is -0.733. The molecule has 0 atom stereocenters. The lowest BCUT2D eigenvalue weighted by atomic mass is 10.1. The Bertz CT molecular complexity index is 1160. The molecule has 0 aliphatic carbocycles. The average molecular weight is 410 g/mol. The van der Waals surface area contributed by atoms with Crippen molar-refractivity contribution in [2.75, 3.05) is 27.9 Å². The highest BCUT2D eigenvalue weighted by atomic mass is 16.5. The predicted molar refractivity (Wildman–Crippen MR) is 113 cm³/mol. The summed E-state index contributed by atoms with van der Waals surface area (Å²) in [5, 5.41) is 0.598. The van der Waals surface area contributed by atoms with Crippen molar-refractivity contribution in [2.45, 2.75) is 6.92 Å². The molecule has 3 aromatic rings. The molecule has 0 aliphatic rings. The zero-order chi connectivity index (χ0) is 21.7. The summed E-state index contributed by atoms with van der Waals surface area (Å²) in [6, 6.07) is 10.2. The molecule has 0 spiro atoms. The number of carbonyl (C=O) groups is 1. The fourth-order valence-corrected chi connectivity index (χ4v) is 3.07. The first kappa shape index (κ1) is 21.0. The van der Waals surface area contributed by atoms with Crippen molar-refractivity contribution in [2.24, 2.45) is 0 Å². The number of rotatable bonds is 8. The van der Waals surface area contributed by atoms with E-state index in [1.807, 2.05) is 6.92 Å². The van der Waals surface area contributed by atoms with E-state index in [1.54, 1.807) is 36.4 Å². The molecule has 1 heterocycles. The molecule has 3 rings (SSSR count). The summed E-state index contributed by atoms with van der Waals surface area (Å²) in [5.41, 5.74) is 0.0918. The summed E-state index contributed by atoms with van der Waals surface area (Å²) in [4.78, 5) is 25.1. The number of ether oxygens (including phenoxy) is 4. The van der Waals surface area contributed by atoms with E-state index >= 15 is 0 Å². The van der Waals surface area contributed by atoms with Crippen LogP contribution in [0, 0.1) is 0 Å². The summed E-state index contributed by atoms with van der Waals surface area (Å²) < 4.78 is 26.8. The highest BCUT2D eigenvalue weighted by Gasteiger charge is 2.16. The lowest BCUT2D eigenvalue weighted by molar-refractivity contribution is 0.104. The van der Waals surface area contributed by atoms with Crippen LogP contribution in [0.2, 0.25) is 0 Å². The molecule has 0 saturated carbocycles. The second-order valence-electron chi connectivity index (χ2n) is 6.18. The standard InChI is InChI=1S/C23H22O7/c1-5-29-19-8-6-7-15-13-16(23(25)30-20(15)19)17(24)11-9-14-10-12-18(26-2)22(28-4)21(14)27-3/h6-13H,5H2,1-4H3. The van der Waals surface area contributed by atoms with E-state index in [0.29, 0.717) is 46.1 Å². The summed E-state index contributed by atoms with van der Waals surface area (Å²) in [7, 11) is 4.51. The second kappa shape index (κ2) is 9.17. The Hall–Kier alpha value is -3.74. The van der Waals surface area contributed by atoms with Gasteiger partial charge in [-0.2, -0.15) is 0 Å². The number of para-hydroxylation sites is 1. The number of fused-ring (bicyclic) bond motifs is 1. The fourth-order valence-electron chi connectivity index (χ4n) is 3.07. The Morgan fingerprint density at radius 2 is 1.77 bits per heavy atom. The number of hydrogen-bond donors (Lipinski definition) is 0. The lowest BCUT2D eigenvalue weighted by Crippen LogP contribution is -2.12. The first-order valence-electron chi connectivity index (χ1n) is 9.25. The molecule has 7 nitrogen and oxygen atoms in total. The maximum absolute atomic E-state index is 12.7. The number of methoxy groups -OCH3 is 3. The quantitative estimate of drug-likeness (QED) is 0.314. The topological polar surface area (TPSA) is 84.2 Å². The van der Waals surface area contributed by atoms with Gasteiger partial charge in [0.15, 0.2) is 28.6 Å². The van der Waals surface area contributed by atoms with Gasteiger partial charge in [0, 0.05) is 10.9 Å². The molecular weight excluding hydrogens is 388 g/mol. The second-order valence-corrected chi connectivity index (χ2v) is 6.18. The zero-order valence-electron chi connectivity index (χ0n) is 17.2. The highest BCUT2D eigenvalue weighted by molar-refractivity contribution is 6.08. The third kappa shape index (κ3) is 4.00. The van der Waals surface area contributed by atoms with Gasteiger partial charge < -0.3 is 23.4 Å². The number of allylic oxidation sites excluding steroid dienone is 1. The lowest BCUT2D eigenvalue weighted by Gasteiger charge is -2.13. The molecule has 7 heteroatoms. The third-order valence-corrected chi connectivity index (χ3v) is 4.44. The summed E-state index contributed by atoms with van der Waals surface area (Å²) in [6.45, 7) is 2.27. The van der Waals surface area contributed by atoms with Crippen LogP contribution >= 0.6 is 0 Å². The SMILES string of the molecule is CCOc1cccc2cc(C(=O)C=Cc3ccc(OC)c(OC)c3OC)c(=O)oc12. The third-order valence-electron chi connectivity index (χ3n) is 4.44. The van der Waals surface area contributed by atoms with E-state index in [2.05, 4.69) is 0 Å². The smallest absolute Gasteiger partial charge is 0.347 e. The van der Waals surface area contributed by atoms with Gasteiger partial charge in [-0.1, -0.05) is 12.1 Å².